The summed E-state index contributed by atoms with van der Waals surface area (Å²) in [4.78, 5) is 0. The van der Waals surface area contributed by atoms with Crippen LogP contribution < -0.4 is 0 Å². The molecule has 1 N–H and O–H groups in total. The molecule has 0 aromatic heterocycles. The van der Waals surface area contributed by atoms with Crippen molar-refractivity contribution in [3.05, 3.63) is 0 Å². The Morgan fingerprint density at radius 1 is 1.62 bits per heavy atom. The Hall–Kier alpha value is -0.220. The maximum Gasteiger partial charge on any atom is 0.266 e. The number of ether oxygens (including phenoxy) is 1. The van der Waals surface area contributed by atoms with E-state index in [1.165, 1.54) is 0 Å². The monoisotopic (exact) mass is 126 g/mol. The topological polar surface area (TPSA) is 29.5 Å². The molecule has 8 heavy (non-hydrogen) atoms. The highest BCUT2D eigenvalue weighted by Gasteiger charge is 2.17. The maximum atomic E-state index is 11.4. The predicted octanol–water partition coefficient (Wildman–Crippen LogP) is 0.259. The molecule has 0 aliphatic heterocycles. The highest BCUT2D eigenvalue weighted by molar-refractivity contribution is 4.55. The molecule has 0 fully saturated rings. The van der Waals surface area contributed by atoms with Crippen LogP contribution in [0.4, 0.5) is 8.78 Å². The fourth-order valence-electron chi connectivity index (χ4n) is 0.257. The van der Waals surface area contributed by atoms with Crippen LogP contribution in [0.25, 0.3) is 0 Å². The van der Waals surface area contributed by atoms with Gasteiger partial charge in [0.25, 0.3) is 6.43 Å². The molecule has 0 saturated heterocycles. The standard InChI is InChI=1S/C4H8F2O2/c1-8-3(2-7)4(5)6/h3-4,7H,2H2,1H3/t3-/m0/s1. The van der Waals surface area contributed by atoms with Gasteiger partial charge in [0.1, 0.15) is 6.10 Å². The fraction of sp³-hybridized carbons (Fsp3) is 1.00. The zero-order valence-corrected chi connectivity index (χ0v) is 4.47. The van der Waals surface area contributed by atoms with E-state index in [-0.39, 0.29) is 0 Å². The van der Waals surface area contributed by atoms with Crippen molar-refractivity contribution in [2.45, 2.75) is 12.5 Å². The number of hydrogen-bond acceptors (Lipinski definition) is 2. The summed E-state index contributed by atoms with van der Waals surface area (Å²) in [5.41, 5.74) is 0. The van der Waals surface area contributed by atoms with Crippen molar-refractivity contribution in [1.82, 2.24) is 0 Å². The number of halogens is 2. The first-order chi connectivity index (χ1) is 3.72. The lowest BCUT2D eigenvalue weighted by Gasteiger charge is -2.08. The van der Waals surface area contributed by atoms with Crippen LogP contribution in [-0.2, 0) is 4.74 Å². The van der Waals surface area contributed by atoms with Gasteiger partial charge in [0, 0.05) is 7.11 Å². The molecule has 0 aromatic carbocycles. The highest BCUT2D eigenvalue weighted by atomic mass is 19.3. The molecule has 0 rings (SSSR count). The molecule has 0 aromatic rings. The second kappa shape index (κ2) is 3.74. The molecule has 4 heteroatoms. The summed E-state index contributed by atoms with van der Waals surface area (Å²) >= 11 is 0. The van der Waals surface area contributed by atoms with Crippen LogP contribution in [0.5, 0.6) is 0 Å². The quantitative estimate of drug-likeness (QED) is 0.587. The smallest absolute Gasteiger partial charge is 0.266 e. The second-order valence-corrected chi connectivity index (χ2v) is 1.29. The second-order valence-electron chi connectivity index (χ2n) is 1.29. The number of alkyl halides is 2. The van der Waals surface area contributed by atoms with Crippen molar-refractivity contribution in [3.8, 4) is 0 Å². The lowest BCUT2D eigenvalue weighted by Crippen LogP contribution is -2.24. The molecule has 0 amide bonds. The van der Waals surface area contributed by atoms with Gasteiger partial charge in [-0.2, -0.15) is 0 Å². The zero-order valence-electron chi connectivity index (χ0n) is 4.47. The van der Waals surface area contributed by atoms with E-state index in [9.17, 15) is 8.78 Å². The van der Waals surface area contributed by atoms with Crippen LogP contribution in [0.15, 0.2) is 0 Å². The Morgan fingerprint density at radius 3 is 2.12 bits per heavy atom. The molecular weight excluding hydrogens is 118 g/mol. The molecule has 0 heterocycles. The van der Waals surface area contributed by atoms with Crippen LogP contribution in [0.2, 0.25) is 0 Å². The van der Waals surface area contributed by atoms with Crippen molar-refractivity contribution < 1.29 is 18.6 Å². The minimum atomic E-state index is -2.59. The molecule has 2 nitrogen and oxygen atoms in total. The molecule has 0 aliphatic carbocycles. The average molecular weight is 126 g/mol. The largest absolute Gasteiger partial charge is 0.393 e. The molecule has 0 spiro atoms. The SMILES string of the molecule is CO[C@@H](CO)C(F)F. The van der Waals surface area contributed by atoms with E-state index in [0.717, 1.165) is 7.11 Å². The average Bonchev–Trinajstić information content (AvgIpc) is 1.69. The van der Waals surface area contributed by atoms with Crippen molar-refractivity contribution in [2.24, 2.45) is 0 Å². The van der Waals surface area contributed by atoms with Gasteiger partial charge >= 0.3 is 0 Å². The molecular formula is C4H8F2O2. The van der Waals surface area contributed by atoms with Gasteiger partial charge < -0.3 is 9.84 Å². The van der Waals surface area contributed by atoms with Crippen molar-refractivity contribution in [3.63, 3.8) is 0 Å². The van der Waals surface area contributed by atoms with E-state index in [0.29, 0.717) is 0 Å². The first-order valence-corrected chi connectivity index (χ1v) is 2.14. The van der Waals surface area contributed by atoms with Gasteiger partial charge in [-0.15, -0.1) is 0 Å². The first-order valence-electron chi connectivity index (χ1n) is 2.14. The van der Waals surface area contributed by atoms with E-state index in [4.69, 9.17) is 5.11 Å². The van der Waals surface area contributed by atoms with E-state index >= 15 is 0 Å². The van der Waals surface area contributed by atoms with Gasteiger partial charge in [-0.25, -0.2) is 8.78 Å². The molecule has 0 unspecified atom stereocenters. The third-order valence-electron chi connectivity index (χ3n) is 0.764. The van der Waals surface area contributed by atoms with E-state index in [2.05, 4.69) is 4.74 Å². The van der Waals surface area contributed by atoms with Crippen molar-refractivity contribution in [2.75, 3.05) is 13.7 Å². The van der Waals surface area contributed by atoms with E-state index in [1.54, 1.807) is 0 Å². The van der Waals surface area contributed by atoms with Gasteiger partial charge in [0.15, 0.2) is 0 Å². The van der Waals surface area contributed by atoms with Crippen LogP contribution in [0.3, 0.4) is 0 Å². The predicted molar refractivity (Wildman–Crippen MR) is 23.9 cm³/mol. The lowest BCUT2D eigenvalue weighted by atomic mass is 10.4. The molecule has 50 valence electrons. The molecule has 0 bridgehead atoms. The minimum absolute atomic E-state index is 0.631. The van der Waals surface area contributed by atoms with Crippen LogP contribution in [0.1, 0.15) is 0 Å². The molecule has 0 saturated carbocycles. The van der Waals surface area contributed by atoms with Gasteiger partial charge in [-0.1, -0.05) is 0 Å². The van der Waals surface area contributed by atoms with Crippen LogP contribution >= 0.6 is 0 Å². The maximum absolute atomic E-state index is 11.4. The number of aliphatic hydroxyl groups excluding tert-OH is 1. The Bertz CT molecular complexity index is 54.0. The van der Waals surface area contributed by atoms with Crippen molar-refractivity contribution >= 4 is 0 Å². The number of hydrogen-bond donors (Lipinski definition) is 1. The summed E-state index contributed by atoms with van der Waals surface area (Å²) in [6, 6.07) is 0. The summed E-state index contributed by atoms with van der Waals surface area (Å²) in [6.45, 7) is -0.631. The number of rotatable bonds is 3. The van der Waals surface area contributed by atoms with Crippen molar-refractivity contribution in [1.29, 1.82) is 0 Å². The third kappa shape index (κ3) is 2.18. The van der Waals surface area contributed by atoms with Gasteiger partial charge in [0.2, 0.25) is 0 Å². The summed E-state index contributed by atoms with van der Waals surface area (Å²) in [6.07, 6.45) is -3.92. The van der Waals surface area contributed by atoms with Crippen LogP contribution in [-0.4, -0.2) is 31.4 Å². The zero-order chi connectivity index (χ0) is 6.57. The van der Waals surface area contributed by atoms with E-state index in [1.807, 2.05) is 0 Å². The summed E-state index contributed by atoms with van der Waals surface area (Å²) in [5.74, 6) is 0. The van der Waals surface area contributed by atoms with Gasteiger partial charge in [-0.05, 0) is 0 Å². The first kappa shape index (κ1) is 7.78. The summed E-state index contributed by atoms with van der Waals surface area (Å²) < 4.78 is 27.0. The molecule has 1 atom stereocenters. The Balaban J connectivity index is 3.35. The lowest BCUT2D eigenvalue weighted by molar-refractivity contribution is -0.0586. The Morgan fingerprint density at radius 2 is 2.12 bits per heavy atom. The highest BCUT2D eigenvalue weighted by Crippen LogP contribution is 2.02. The minimum Gasteiger partial charge on any atom is -0.393 e. The van der Waals surface area contributed by atoms with Crippen LogP contribution in [0, 0.1) is 0 Å². The Kier molecular flexibility index (Phi) is 3.64. The molecule has 0 radical (unpaired) electrons. The number of aliphatic hydroxyl groups is 1. The fourth-order valence-corrected chi connectivity index (χ4v) is 0.257. The van der Waals surface area contributed by atoms with Gasteiger partial charge in [-0.3, -0.25) is 0 Å². The summed E-state index contributed by atoms with van der Waals surface area (Å²) in [7, 11) is 1.13. The third-order valence-corrected chi connectivity index (χ3v) is 0.764. The summed E-state index contributed by atoms with van der Waals surface area (Å²) in [5, 5.41) is 8.09. The number of methoxy groups -OCH3 is 1. The Labute approximate surface area is 46.1 Å². The van der Waals surface area contributed by atoms with Gasteiger partial charge in [0.05, 0.1) is 6.61 Å². The normalized spacial score (nSPS) is 14.6. The van der Waals surface area contributed by atoms with E-state index < -0.39 is 19.1 Å². The molecule has 0 aliphatic rings.